The first-order chi connectivity index (χ1) is 24.9. The summed E-state index contributed by atoms with van der Waals surface area (Å²) in [5.41, 5.74) is -0.295. The fraction of sp³-hybridized carbons (Fsp3) is 0.943. The number of amides is 1. The maximum absolute atomic E-state index is 11.8. The molecule has 0 aliphatic carbocycles. The second-order valence-corrected chi connectivity index (χ2v) is 12.8. The highest BCUT2D eigenvalue weighted by Gasteiger charge is 2.53. The lowest BCUT2D eigenvalue weighted by molar-refractivity contribution is -0.282. The molecule has 0 saturated carbocycles. The van der Waals surface area contributed by atoms with E-state index in [1.54, 1.807) is 0 Å². The van der Waals surface area contributed by atoms with E-state index in [2.05, 4.69) is 5.32 Å². The van der Waals surface area contributed by atoms with Crippen LogP contribution < -0.4 is 5.32 Å². The van der Waals surface area contributed by atoms with Gasteiger partial charge in [-0.25, -0.2) is 0 Å². The molecule has 0 bridgehead atoms. The average molecular weight is 780 g/mol. The van der Waals surface area contributed by atoms with Gasteiger partial charge in [0.2, 0.25) is 23.3 Å². The zero-order valence-corrected chi connectivity index (χ0v) is 33.8. The first-order valence-corrected chi connectivity index (χ1v) is 18.1. The van der Waals surface area contributed by atoms with E-state index in [1.165, 1.54) is 21.3 Å². The number of hydrogen-bond acceptors (Lipinski definition) is 17. The molecule has 0 radical (unpaired) electrons. The van der Waals surface area contributed by atoms with Crippen molar-refractivity contribution in [3.05, 3.63) is 0 Å². The van der Waals surface area contributed by atoms with Crippen molar-refractivity contribution in [1.82, 2.24) is 5.32 Å². The molecule has 0 spiro atoms. The molecule has 0 aromatic carbocycles. The molecule has 1 aliphatic heterocycles. The molecule has 0 aromatic heterocycles. The second kappa shape index (κ2) is 29.6. The van der Waals surface area contributed by atoms with Crippen molar-refractivity contribution >= 4 is 11.9 Å². The Hall–Kier alpha value is -1.62. The summed E-state index contributed by atoms with van der Waals surface area (Å²) >= 11 is 0. The first-order valence-electron chi connectivity index (χ1n) is 18.1. The molecule has 1 heterocycles. The molecular formula is C35H73NO17. The molecule has 1 fully saturated rings. The first kappa shape index (κ1) is 55.7. The van der Waals surface area contributed by atoms with E-state index in [9.17, 15) is 30.0 Å². The van der Waals surface area contributed by atoms with Crippen LogP contribution in [0.1, 0.15) is 93.9 Å². The fourth-order valence-corrected chi connectivity index (χ4v) is 4.38. The van der Waals surface area contributed by atoms with Gasteiger partial charge in [0, 0.05) is 39.7 Å². The summed E-state index contributed by atoms with van der Waals surface area (Å²) in [6.07, 6.45) is -1.21. The van der Waals surface area contributed by atoms with Crippen molar-refractivity contribution in [2.75, 3.05) is 67.6 Å². The highest BCUT2D eigenvalue weighted by atomic mass is 16.7. The highest BCUT2D eigenvalue weighted by molar-refractivity contribution is 5.77. The lowest BCUT2D eigenvalue weighted by Crippen LogP contribution is -2.47. The number of nitrogens with one attached hydrogen (secondary N) is 1. The van der Waals surface area contributed by atoms with Gasteiger partial charge < -0.3 is 79.3 Å². The van der Waals surface area contributed by atoms with E-state index < -0.39 is 86.9 Å². The zero-order valence-electron chi connectivity index (χ0n) is 33.8. The molecule has 1 aliphatic rings. The second-order valence-electron chi connectivity index (χ2n) is 12.8. The minimum atomic E-state index is -1.52. The molecule has 1 amide bonds. The molecular weight excluding hydrogens is 706 g/mol. The van der Waals surface area contributed by atoms with Gasteiger partial charge in [0.1, 0.15) is 25.4 Å². The van der Waals surface area contributed by atoms with Gasteiger partial charge in [-0.05, 0) is 46.5 Å². The summed E-state index contributed by atoms with van der Waals surface area (Å²) < 4.78 is 35.8. The molecule has 1 saturated heterocycles. The number of carbonyl (C=O) groups excluding carboxylic acids is 2. The highest BCUT2D eigenvalue weighted by Crippen LogP contribution is 2.33. The molecule has 18 heteroatoms. The monoisotopic (exact) mass is 779 g/mol. The SMILES string of the molecule is CC.CC[C@H](CO)OC(CO)(CO)OC.CC[C@H](COC(=O)CCCC(=O)NC(C)(C)C)OC(CO)(CO)OC.CC[C@H]1O[C@@](CO)(OC)[C@@H](O)[C@H]1O. The predicted molar refractivity (Wildman–Crippen MR) is 193 cm³/mol. The van der Waals surface area contributed by atoms with Gasteiger partial charge in [-0.15, -0.1) is 0 Å². The number of aliphatic hydroxyl groups excluding tert-OH is 8. The molecule has 6 atom stereocenters. The minimum Gasteiger partial charge on any atom is -0.463 e. The molecule has 9 N–H and O–H groups in total. The molecule has 53 heavy (non-hydrogen) atoms. The van der Waals surface area contributed by atoms with Gasteiger partial charge in [-0.1, -0.05) is 34.6 Å². The van der Waals surface area contributed by atoms with Crippen LogP contribution in [0, 0.1) is 0 Å². The van der Waals surface area contributed by atoms with Crippen LogP contribution in [0.25, 0.3) is 0 Å². The number of esters is 1. The molecule has 18 nitrogen and oxygen atoms in total. The number of aliphatic hydroxyl groups is 8. The smallest absolute Gasteiger partial charge is 0.305 e. The van der Waals surface area contributed by atoms with Crippen molar-refractivity contribution in [2.24, 2.45) is 0 Å². The van der Waals surface area contributed by atoms with E-state index in [1.807, 2.05) is 55.4 Å². The van der Waals surface area contributed by atoms with E-state index in [4.69, 9.17) is 53.6 Å². The number of rotatable bonds is 22. The summed E-state index contributed by atoms with van der Waals surface area (Å²) in [7, 11) is 3.97. The standard InChI is InChI=1S/C17H33NO7.C8H16O5.C8H18O5.C2H6/c1-6-13(25-17(11-19,12-20)23-5)10-24-15(22)9-7-8-14(21)18-16(2,3)4;1-3-5-6(10)7(11)8(4-9,12-2)13-5;1-3-7(4-9)13-8(5-10,6-11)12-2;1-2/h13,19-20H,6-12H2,1-5H3,(H,18,21);5-7,9-11H,3-4H2,1-2H3;7,9-11H,3-6H2,1-2H3;1-2H3/t13-;5-,6+,7+,8-;7-;/m111./s1. The zero-order chi connectivity index (χ0) is 41.9. The summed E-state index contributed by atoms with van der Waals surface area (Å²) in [5, 5.41) is 76.1. The third-order valence-electron chi connectivity index (χ3n) is 7.79. The van der Waals surface area contributed by atoms with Gasteiger partial charge in [-0.3, -0.25) is 9.59 Å². The van der Waals surface area contributed by atoms with E-state index in [0.29, 0.717) is 25.7 Å². The van der Waals surface area contributed by atoms with Crippen LogP contribution in [0.3, 0.4) is 0 Å². The Bertz CT molecular complexity index is 887. The van der Waals surface area contributed by atoms with Crippen LogP contribution in [0.15, 0.2) is 0 Å². The quantitative estimate of drug-likeness (QED) is 0.0505. The number of methoxy groups -OCH3 is 3. The largest absolute Gasteiger partial charge is 0.463 e. The minimum absolute atomic E-state index is 0.0192. The van der Waals surface area contributed by atoms with Crippen LogP contribution in [0.4, 0.5) is 0 Å². The van der Waals surface area contributed by atoms with Crippen molar-refractivity contribution in [2.45, 2.75) is 147 Å². The lowest BCUT2D eigenvalue weighted by Gasteiger charge is -2.32. The normalized spacial score (nSPS) is 21.2. The van der Waals surface area contributed by atoms with Crippen molar-refractivity contribution in [3.8, 4) is 0 Å². The van der Waals surface area contributed by atoms with Crippen LogP contribution in [-0.2, 0) is 42.7 Å². The van der Waals surface area contributed by atoms with Crippen LogP contribution in [0.2, 0.25) is 0 Å². The van der Waals surface area contributed by atoms with E-state index >= 15 is 0 Å². The number of ether oxygens (including phenoxy) is 7. The Kier molecular flexibility index (Phi) is 31.2. The summed E-state index contributed by atoms with van der Waals surface area (Å²) in [5.74, 6) is -4.91. The Morgan fingerprint density at radius 3 is 1.57 bits per heavy atom. The average Bonchev–Trinajstić information content (AvgIpc) is 3.42. The fourth-order valence-electron chi connectivity index (χ4n) is 4.38. The van der Waals surface area contributed by atoms with Crippen molar-refractivity contribution in [3.63, 3.8) is 0 Å². The third-order valence-corrected chi connectivity index (χ3v) is 7.79. The maximum Gasteiger partial charge on any atom is 0.305 e. The van der Waals surface area contributed by atoms with Crippen LogP contribution in [0.5, 0.6) is 0 Å². The molecule has 0 unspecified atom stereocenters. The lowest BCUT2D eigenvalue weighted by atomic mass is 10.0. The predicted octanol–water partition coefficient (Wildman–Crippen LogP) is -0.283. The van der Waals surface area contributed by atoms with Crippen LogP contribution >= 0.6 is 0 Å². The number of carbonyl (C=O) groups is 2. The summed E-state index contributed by atoms with van der Waals surface area (Å²) in [6.45, 7) is 12.6. The molecule has 0 aromatic rings. The van der Waals surface area contributed by atoms with Gasteiger partial charge >= 0.3 is 5.97 Å². The maximum atomic E-state index is 11.8. The van der Waals surface area contributed by atoms with Crippen molar-refractivity contribution < 1.29 is 83.6 Å². The van der Waals surface area contributed by atoms with Gasteiger partial charge in [0.05, 0.1) is 51.3 Å². The molecule has 1 rings (SSSR count). The Morgan fingerprint density at radius 2 is 1.26 bits per heavy atom. The van der Waals surface area contributed by atoms with Crippen LogP contribution in [-0.4, -0.2) is 174 Å². The number of hydrogen-bond donors (Lipinski definition) is 9. The van der Waals surface area contributed by atoms with Gasteiger partial charge in [-0.2, -0.15) is 0 Å². The topological polar surface area (TPSA) is 273 Å². The van der Waals surface area contributed by atoms with E-state index in [0.717, 1.165) is 0 Å². The summed E-state index contributed by atoms with van der Waals surface area (Å²) in [6, 6.07) is 0. The Morgan fingerprint density at radius 1 is 0.792 bits per heavy atom. The Balaban J connectivity index is -0.000000751. The third kappa shape index (κ3) is 20.8. The van der Waals surface area contributed by atoms with Gasteiger partial charge in [0.15, 0.2) is 0 Å². The molecule has 320 valence electrons. The van der Waals surface area contributed by atoms with Gasteiger partial charge in [0.25, 0.3) is 0 Å². The Labute approximate surface area is 315 Å². The van der Waals surface area contributed by atoms with E-state index in [-0.39, 0.29) is 37.5 Å². The van der Waals surface area contributed by atoms with Crippen molar-refractivity contribution in [1.29, 1.82) is 0 Å². The summed E-state index contributed by atoms with van der Waals surface area (Å²) in [4.78, 5) is 23.4.